The molecule has 3 heterocycles. The fourth-order valence-corrected chi connectivity index (χ4v) is 2.95. The second-order valence-corrected chi connectivity index (χ2v) is 5.26. The van der Waals surface area contributed by atoms with Crippen LogP contribution < -0.4 is 10.2 Å². The molecule has 3 nitrogen and oxygen atoms in total. The summed E-state index contributed by atoms with van der Waals surface area (Å²) in [5.41, 5.74) is 2.93. The fraction of sp³-hybridized carbons (Fsp3) is 0.615. The Morgan fingerprint density at radius 3 is 3.00 bits per heavy atom. The Balaban J connectivity index is 1.75. The van der Waals surface area contributed by atoms with Crippen LogP contribution in [0.3, 0.4) is 0 Å². The molecule has 1 aromatic rings. The van der Waals surface area contributed by atoms with Crippen LogP contribution in [-0.2, 0) is 0 Å². The van der Waals surface area contributed by atoms with Gasteiger partial charge in [-0.2, -0.15) is 0 Å². The molecule has 2 saturated heterocycles. The zero-order valence-corrected chi connectivity index (χ0v) is 9.87. The largest absolute Gasteiger partial charge is 0.370 e. The van der Waals surface area contributed by atoms with Crippen molar-refractivity contribution in [2.24, 2.45) is 5.41 Å². The molecule has 0 saturated carbocycles. The Kier molecular flexibility index (Phi) is 2.36. The molecule has 0 amide bonds. The molecule has 3 rings (SSSR count). The highest BCUT2D eigenvalue weighted by Gasteiger charge is 2.40. The molecule has 0 radical (unpaired) electrons. The van der Waals surface area contributed by atoms with Crippen molar-refractivity contribution in [1.82, 2.24) is 10.3 Å². The van der Waals surface area contributed by atoms with E-state index >= 15 is 0 Å². The molecule has 1 unspecified atom stereocenters. The first-order chi connectivity index (χ1) is 7.77. The molecule has 1 spiro atoms. The van der Waals surface area contributed by atoms with Crippen molar-refractivity contribution in [2.45, 2.75) is 19.8 Å². The molecule has 16 heavy (non-hydrogen) atoms. The lowest BCUT2D eigenvalue weighted by Gasteiger charge is -2.23. The number of hydrogen-bond donors (Lipinski definition) is 1. The molecular formula is C13H19N3. The number of pyridine rings is 1. The second-order valence-electron chi connectivity index (χ2n) is 5.26. The van der Waals surface area contributed by atoms with E-state index in [4.69, 9.17) is 0 Å². The Morgan fingerprint density at radius 1 is 1.38 bits per heavy atom. The molecular weight excluding hydrogens is 198 g/mol. The van der Waals surface area contributed by atoms with E-state index in [1.807, 2.05) is 13.1 Å². The third-order valence-electron chi connectivity index (χ3n) is 4.03. The highest BCUT2D eigenvalue weighted by atomic mass is 15.2. The summed E-state index contributed by atoms with van der Waals surface area (Å²) in [6.07, 6.45) is 4.67. The van der Waals surface area contributed by atoms with Gasteiger partial charge in [0.2, 0.25) is 0 Å². The number of anilines is 1. The zero-order chi connectivity index (χ0) is 11.0. The highest BCUT2D eigenvalue weighted by Crippen LogP contribution is 2.37. The van der Waals surface area contributed by atoms with E-state index in [1.54, 1.807) is 0 Å². The average molecular weight is 217 g/mol. The lowest BCUT2D eigenvalue weighted by Crippen LogP contribution is -2.29. The van der Waals surface area contributed by atoms with E-state index < -0.39 is 0 Å². The Bertz CT molecular complexity index is 365. The third-order valence-corrected chi connectivity index (χ3v) is 4.03. The third kappa shape index (κ3) is 1.69. The van der Waals surface area contributed by atoms with Gasteiger partial charge < -0.3 is 10.2 Å². The van der Waals surface area contributed by atoms with Crippen molar-refractivity contribution in [3.05, 3.63) is 24.0 Å². The molecule has 1 aromatic heterocycles. The Morgan fingerprint density at radius 2 is 2.31 bits per heavy atom. The lowest BCUT2D eigenvalue weighted by molar-refractivity contribution is 0.369. The molecule has 86 valence electrons. The minimum Gasteiger partial charge on any atom is -0.370 e. The average Bonchev–Trinajstić information content (AvgIpc) is 2.91. The van der Waals surface area contributed by atoms with Crippen molar-refractivity contribution < 1.29 is 0 Å². The summed E-state index contributed by atoms with van der Waals surface area (Å²) in [5.74, 6) is 0. The summed E-state index contributed by atoms with van der Waals surface area (Å²) >= 11 is 0. The van der Waals surface area contributed by atoms with Gasteiger partial charge in [-0.3, -0.25) is 4.98 Å². The smallest absolute Gasteiger partial charge is 0.0553 e. The van der Waals surface area contributed by atoms with E-state index in [1.165, 1.54) is 44.7 Å². The maximum Gasteiger partial charge on any atom is 0.0553 e. The van der Waals surface area contributed by atoms with Gasteiger partial charge in [0.15, 0.2) is 0 Å². The van der Waals surface area contributed by atoms with Crippen LogP contribution in [0.2, 0.25) is 0 Å². The monoisotopic (exact) mass is 217 g/mol. The highest BCUT2D eigenvalue weighted by molar-refractivity contribution is 5.46. The van der Waals surface area contributed by atoms with Gasteiger partial charge >= 0.3 is 0 Å². The summed E-state index contributed by atoms with van der Waals surface area (Å²) in [5, 5.41) is 3.49. The fourth-order valence-electron chi connectivity index (χ4n) is 2.95. The van der Waals surface area contributed by atoms with Crippen LogP contribution in [0.15, 0.2) is 18.3 Å². The van der Waals surface area contributed by atoms with Crippen LogP contribution in [-0.4, -0.2) is 31.2 Å². The molecule has 3 heteroatoms. The van der Waals surface area contributed by atoms with Gasteiger partial charge in [0.25, 0.3) is 0 Å². The maximum atomic E-state index is 4.38. The standard InChI is InChI=1S/C13H19N3/c1-11-2-3-12(8-15-11)16-7-5-13(10-16)4-6-14-9-13/h2-3,8,14H,4-7,9-10H2,1H3. The van der Waals surface area contributed by atoms with Crippen molar-refractivity contribution in [3.8, 4) is 0 Å². The maximum absolute atomic E-state index is 4.38. The van der Waals surface area contributed by atoms with Crippen LogP contribution in [0.5, 0.6) is 0 Å². The van der Waals surface area contributed by atoms with Gasteiger partial charge in [-0.05, 0) is 38.4 Å². The summed E-state index contributed by atoms with van der Waals surface area (Å²) in [4.78, 5) is 6.87. The van der Waals surface area contributed by atoms with Crippen molar-refractivity contribution in [3.63, 3.8) is 0 Å². The number of aryl methyl sites for hydroxylation is 1. The summed E-state index contributed by atoms with van der Waals surface area (Å²) in [6.45, 7) is 6.82. The number of aromatic nitrogens is 1. The number of nitrogens with one attached hydrogen (secondary N) is 1. The number of hydrogen-bond acceptors (Lipinski definition) is 3. The normalized spacial score (nSPS) is 29.2. The van der Waals surface area contributed by atoms with Gasteiger partial charge in [-0.15, -0.1) is 0 Å². The SMILES string of the molecule is Cc1ccc(N2CCC3(CCNC3)C2)cn1. The van der Waals surface area contributed by atoms with Crippen LogP contribution in [0, 0.1) is 12.3 Å². The van der Waals surface area contributed by atoms with Crippen molar-refractivity contribution in [2.75, 3.05) is 31.1 Å². The van der Waals surface area contributed by atoms with Crippen LogP contribution in [0.25, 0.3) is 0 Å². The van der Waals surface area contributed by atoms with E-state index in [-0.39, 0.29) is 0 Å². The molecule has 1 N–H and O–H groups in total. The van der Waals surface area contributed by atoms with E-state index in [9.17, 15) is 0 Å². The first-order valence-corrected chi connectivity index (χ1v) is 6.16. The van der Waals surface area contributed by atoms with Gasteiger partial charge in [0.05, 0.1) is 11.9 Å². The summed E-state index contributed by atoms with van der Waals surface area (Å²) < 4.78 is 0. The summed E-state index contributed by atoms with van der Waals surface area (Å²) in [6, 6.07) is 4.30. The van der Waals surface area contributed by atoms with Crippen LogP contribution in [0.4, 0.5) is 5.69 Å². The molecule has 0 aromatic carbocycles. The van der Waals surface area contributed by atoms with Crippen molar-refractivity contribution >= 4 is 5.69 Å². The van der Waals surface area contributed by atoms with E-state index in [0.29, 0.717) is 5.41 Å². The predicted octanol–water partition coefficient (Wildman–Crippen LogP) is 1.58. The molecule has 2 aliphatic rings. The first-order valence-electron chi connectivity index (χ1n) is 6.16. The predicted molar refractivity (Wildman–Crippen MR) is 65.7 cm³/mol. The first kappa shape index (κ1) is 10.1. The topological polar surface area (TPSA) is 28.2 Å². The van der Waals surface area contributed by atoms with E-state index in [0.717, 1.165) is 5.69 Å². The molecule has 2 aliphatic heterocycles. The Hall–Kier alpha value is -1.09. The quantitative estimate of drug-likeness (QED) is 0.774. The van der Waals surface area contributed by atoms with E-state index in [2.05, 4.69) is 27.3 Å². The second kappa shape index (κ2) is 3.74. The number of rotatable bonds is 1. The molecule has 2 fully saturated rings. The van der Waals surface area contributed by atoms with Crippen molar-refractivity contribution in [1.29, 1.82) is 0 Å². The lowest BCUT2D eigenvalue weighted by atomic mass is 9.86. The van der Waals surface area contributed by atoms with Gasteiger partial charge in [-0.1, -0.05) is 0 Å². The zero-order valence-electron chi connectivity index (χ0n) is 9.87. The Labute approximate surface area is 96.9 Å². The minimum atomic E-state index is 0.547. The van der Waals surface area contributed by atoms with Gasteiger partial charge in [-0.25, -0.2) is 0 Å². The van der Waals surface area contributed by atoms with Gasteiger partial charge in [0, 0.05) is 30.7 Å². The van der Waals surface area contributed by atoms with Crippen LogP contribution in [0.1, 0.15) is 18.5 Å². The molecule has 1 atom stereocenters. The van der Waals surface area contributed by atoms with Gasteiger partial charge in [0.1, 0.15) is 0 Å². The molecule has 0 bridgehead atoms. The number of nitrogens with zero attached hydrogens (tertiary/aromatic N) is 2. The summed E-state index contributed by atoms with van der Waals surface area (Å²) in [7, 11) is 0. The minimum absolute atomic E-state index is 0.547. The molecule has 0 aliphatic carbocycles. The van der Waals surface area contributed by atoms with Crippen LogP contribution >= 0.6 is 0 Å².